The van der Waals surface area contributed by atoms with E-state index in [1.807, 2.05) is 0 Å². The van der Waals surface area contributed by atoms with Gasteiger partial charge in [0.2, 0.25) is 0 Å². The van der Waals surface area contributed by atoms with E-state index in [0.29, 0.717) is 0 Å². The van der Waals surface area contributed by atoms with E-state index in [9.17, 15) is 14.4 Å². The zero-order valence-electron chi connectivity index (χ0n) is 9.75. The molecule has 0 fully saturated rings. The molecule has 10 heteroatoms. The van der Waals surface area contributed by atoms with Crippen molar-refractivity contribution >= 4 is 17.6 Å². The number of hydrogen-bond acceptors (Lipinski definition) is 8. The molecule has 0 saturated heterocycles. The lowest BCUT2D eigenvalue weighted by Crippen LogP contribution is -2.55. The fourth-order valence-electron chi connectivity index (χ4n) is 1.25. The summed E-state index contributed by atoms with van der Waals surface area (Å²) in [6.45, 7) is 0. The number of aromatic nitrogens is 2. The number of carboxylic acids is 1. The predicted octanol–water partition coefficient (Wildman–Crippen LogP) is -1.88. The molecule has 0 amide bonds. The largest absolute Gasteiger partial charge is 0.478 e. The number of carboxylic acid groups (broad SMARTS) is 1. The second-order valence-electron chi connectivity index (χ2n) is 3.69. The maximum Gasteiger partial charge on any atom is 0.344 e. The summed E-state index contributed by atoms with van der Waals surface area (Å²) in [4.78, 5) is 43.2. The molecule has 1 aromatic heterocycles. The van der Waals surface area contributed by atoms with Crippen LogP contribution in [-0.2, 0) is 14.4 Å². The minimum atomic E-state index is -2.02. The summed E-state index contributed by atoms with van der Waals surface area (Å²) < 4.78 is 0. The van der Waals surface area contributed by atoms with E-state index in [1.54, 1.807) is 0 Å². The van der Waals surface area contributed by atoms with Crippen molar-refractivity contribution in [3.8, 4) is 0 Å². The van der Waals surface area contributed by atoms with Crippen molar-refractivity contribution in [2.75, 3.05) is 5.32 Å². The van der Waals surface area contributed by atoms with Crippen LogP contribution in [0.2, 0.25) is 0 Å². The van der Waals surface area contributed by atoms with Gasteiger partial charge in [0.15, 0.2) is 5.66 Å². The third-order valence-electron chi connectivity index (χ3n) is 2.31. The summed E-state index contributed by atoms with van der Waals surface area (Å²) in [6, 6.07) is 0. The first kappa shape index (κ1) is 14.6. The maximum absolute atomic E-state index is 11.4. The Balaban J connectivity index is 2.88. The molecule has 0 spiro atoms. The van der Waals surface area contributed by atoms with E-state index in [0.717, 1.165) is 12.5 Å². The fraction of sp³-hybridized carbons (Fsp3) is 0.333. The highest BCUT2D eigenvalue weighted by Crippen LogP contribution is 2.13. The molecule has 1 heterocycles. The van der Waals surface area contributed by atoms with Crippen LogP contribution in [-0.4, -0.2) is 32.7 Å². The van der Waals surface area contributed by atoms with E-state index in [-0.39, 0.29) is 18.5 Å². The van der Waals surface area contributed by atoms with Crippen LogP contribution in [0.4, 0.5) is 5.69 Å². The Kier molecular flexibility index (Phi) is 4.56. The van der Waals surface area contributed by atoms with E-state index in [4.69, 9.17) is 10.8 Å². The van der Waals surface area contributed by atoms with Gasteiger partial charge >= 0.3 is 11.9 Å². The molecule has 0 bridgehead atoms. The number of carbonyl (C=O) groups is 2. The Labute approximate surface area is 106 Å². The number of aliphatic carboxylic acids is 1. The molecule has 0 radical (unpaired) electrons. The average Bonchev–Trinajstić information content (AvgIpc) is 2.38. The molecule has 104 valence electrons. The van der Waals surface area contributed by atoms with E-state index in [2.05, 4.69) is 26.0 Å². The standard InChI is InChI=1S/C9H13N5O5/c10-9(8(17)18,2-1-6(15)19-11)14-5-3-12-4-13-7(5)16/h3-4,14H,1-2,10-11H2,(H,17,18)(H,12,13,16)/t9-/m0/s1. The second-order valence-corrected chi connectivity index (χ2v) is 3.69. The first-order valence-electron chi connectivity index (χ1n) is 5.12. The number of aromatic amines is 1. The molecule has 0 aliphatic heterocycles. The Hall–Kier alpha value is -2.46. The third-order valence-corrected chi connectivity index (χ3v) is 2.31. The molecule has 7 N–H and O–H groups in total. The van der Waals surface area contributed by atoms with Crippen LogP contribution in [0.1, 0.15) is 12.8 Å². The molecule has 10 nitrogen and oxygen atoms in total. The molecular weight excluding hydrogens is 258 g/mol. The maximum atomic E-state index is 11.4. The molecule has 0 aromatic carbocycles. The second kappa shape index (κ2) is 5.93. The molecule has 19 heavy (non-hydrogen) atoms. The molecule has 1 aromatic rings. The Morgan fingerprint density at radius 1 is 1.58 bits per heavy atom. The molecule has 1 rings (SSSR count). The number of anilines is 1. The molecular formula is C9H13N5O5. The van der Waals surface area contributed by atoms with Crippen LogP contribution in [0.3, 0.4) is 0 Å². The summed E-state index contributed by atoms with van der Waals surface area (Å²) in [5.41, 5.74) is 2.86. The molecule has 0 aliphatic rings. The number of hydrogen-bond donors (Lipinski definition) is 5. The van der Waals surface area contributed by atoms with Gasteiger partial charge in [0.1, 0.15) is 5.69 Å². The molecule has 1 atom stereocenters. The van der Waals surface area contributed by atoms with Gasteiger partial charge < -0.3 is 20.2 Å². The Bertz CT molecular complexity index is 530. The van der Waals surface area contributed by atoms with E-state index in [1.165, 1.54) is 0 Å². The highest BCUT2D eigenvalue weighted by molar-refractivity contribution is 5.82. The lowest BCUT2D eigenvalue weighted by Gasteiger charge is -2.25. The van der Waals surface area contributed by atoms with Crippen molar-refractivity contribution in [3.05, 3.63) is 22.9 Å². The lowest BCUT2D eigenvalue weighted by atomic mass is 10.0. The van der Waals surface area contributed by atoms with E-state index < -0.39 is 23.2 Å². The normalized spacial score (nSPS) is 13.4. The highest BCUT2D eigenvalue weighted by atomic mass is 16.7. The lowest BCUT2D eigenvalue weighted by molar-refractivity contribution is -0.146. The zero-order valence-corrected chi connectivity index (χ0v) is 9.75. The third kappa shape index (κ3) is 3.76. The van der Waals surface area contributed by atoms with Crippen molar-refractivity contribution < 1.29 is 19.5 Å². The number of rotatable bonds is 6. The van der Waals surface area contributed by atoms with Crippen LogP contribution < -0.4 is 22.5 Å². The number of nitrogens with two attached hydrogens (primary N) is 2. The highest BCUT2D eigenvalue weighted by Gasteiger charge is 2.35. The van der Waals surface area contributed by atoms with Gasteiger partial charge in [-0.25, -0.2) is 9.78 Å². The number of nitrogens with one attached hydrogen (secondary N) is 2. The van der Waals surface area contributed by atoms with Gasteiger partial charge in [-0.15, -0.1) is 0 Å². The van der Waals surface area contributed by atoms with Crippen molar-refractivity contribution in [1.82, 2.24) is 9.97 Å². The van der Waals surface area contributed by atoms with Gasteiger partial charge in [-0.3, -0.25) is 15.3 Å². The summed E-state index contributed by atoms with van der Waals surface area (Å²) in [5.74, 6) is 2.37. The predicted molar refractivity (Wildman–Crippen MR) is 62.5 cm³/mol. The van der Waals surface area contributed by atoms with Crippen LogP contribution in [0, 0.1) is 0 Å². The number of H-pyrrole nitrogens is 1. The average molecular weight is 271 g/mol. The first-order chi connectivity index (χ1) is 8.89. The van der Waals surface area contributed by atoms with Crippen LogP contribution in [0.5, 0.6) is 0 Å². The minimum absolute atomic E-state index is 0.131. The van der Waals surface area contributed by atoms with Gasteiger partial charge in [0, 0.05) is 6.42 Å². The smallest absolute Gasteiger partial charge is 0.344 e. The minimum Gasteiger partial charge on any atom is -0.478 e. The zero-order chi connectivity index (χ0) is 14.5. The summed E-state index contributed by atoms with van der Waals surface area (Å²) in [6.07, 6.45) is 1.60. The Morgan fingerprint density at radius 2 is 2.26 bits per heavy atom. The van der Waals surface area contributed by atoms with Crippen molar-refractivity contribution in [2.45, 2.75) is 18.5 Å². The number of nitrogens with zero attached hydrogens (tertiary/aromatic N) is 1. The molecule has 0 saturated carbocycles. The SMILES string of the molecule is NOC(=O)CC[C@](N)(Nc1cnc[nH]c1=O)C(=O)O. The van der Waals surface area contributed by atoms with Crippen LogP contribution >= 0.6 is 0 Å². The van der Waals surface area contributed by atoms with Gasteiger partial charge in [0.05, 0.1) is 18.9 Å². The van der Waals surface area contributed by atoms with Gasteiger partial charge in [-0.1, -0.05) is 0 Å². The van der Waals surface area contributed by atoms with Crippen molar-refractivity contribution in [3.63, 3.8) is 0 Å². The fourth-order valence-corrected chi connectivity index (χ4v) is 1.25. The topological polar surface area (TPSA) is 173 Å². The molecule has 0 aliphatic carbocycles. The molecule has 0 unspecified atom stereocenters. The summed E-state index contributed by atoms with van der Waals surface area (Å²) in [7, 11) is 0. The van der Waals surface area contributed by atoms with Crippen molar-refractivity contribution in [2.24, 2.45) is 11.6 Å². The quantitative estimate of drug-likeness (QED) is 0.293. The van der Waals surface area contributed by atoms with Gasteiger partial charge in [-0.05, 0) is 0 Å². The van der Waals surface area contributed by atoms with Crippen LogP contribution in [0.25, 0.3) is 0 Å². The van der Waals surface area contributed by atoms with Crippen molar-refractivity contribution in [1.29, 1.82) is 0 Å². The Morgan fingerprint density at radius 3 is 2.79 bits per heavy atom. The van der Waals surface area contributed by atoms with E-state index >= 15 is 0 Å². The van der Waals surface area contributed by atoms with Gasteiger partial charge in [0.25, 0.3) is 5.56 Å². The first-order valence-corrected chi connectivity index (χ1v) is 5.12. The van der Waals surface area contributed by atoms with Crippen LogP contribution in [0.15, 0.2) is 17.3 Å². The number of carbonyl (C=O) groups excluding carboxylic acids is 1. The summed E-state index contributed by atoms with van der Waals surface area (Å²) >= 11 is 0. The summed E-state index contributed by atoms with van der Waals surface area (Å²) in [5, 5.41) is 11.4. The monoisotopic (exact) mass is 271 g/mol. The van der Waals surface area contributed by atoms with Gasteiger partial charge in [-0.2, -0.15) is 5.90 Å².